The fraction of sp³-hybridized carbons (Fsp3) is 0.250. The van der Waals surface area contributed by atoms with Crippen LogP contribution in [0, 0.1) is 5.82 Å². The maximum absolute atomic E-state index is 13.4. The van der Waals surface area contributed by atoms with Crippen molar-refractivity contribution in [2.24, 2.45) is 10.7 Å². The largest absolute Gasteiger partial charge is 0.370 e. The summed E-state index contributed by atoms with van der Waals surface area (Å²) < 4.78 is 13.4. The molecule has 0 radical (unpaired) electrons. The molecule has 4 nitrogen and oxygen atoms in total. The third-order valence-corrected chi connectivity index (χ3v) is 4.76. The van der Waals surface area contributed by atoms with E-state index in [1.807, 2.05) is 6.20 Å². The molecule has 0 atom stereocenters. The molecular weight excluding hydrogens is 315 g/mol. The zero-order valence-corrected chi connectivity index (χ0v) is 14.0. The molecular formula is C20H21FN4. The van der Waals surface area contributed by atoms with Gasteiger partial charge in [0.25, 0.3) is 0 Å². The number of fused-ring (bicyclic) bond motifs is 2. The second-order valence-electron chi connectivity index (χ2n) is 6.48. The van der Waals surface area contributed by atoms with Gasteiger partial charge in [-0.2, -0.15) is 0 Å². The Kier molecular flexibility index (Phi) is 4.14. The molecule has 1 aliphatic carbocycles. The van der Waals surface area contributed by atoms with Crippen molar-refractivity contribution in [3.63, 3.8) is 0 Å². The number of hydrogen-bond acceptors (Lipinski definition) is 1. The Balaban J connectivity index is 1.40. The molecule has 2 aromatic carbocycles. The van der Waals surface area contributed by atoms with Crippen molar-refractivity contribution in [2.45, 2.75) is 25.7 Å². The molecule has 1 aromatic heterocycles. The number of rotatable bonds is 4. The van der Waals surface area contributed by atoms with Crippen LogP contribution in [0.4, 0.5) is 10.1 Å². The Bertz CT molecular complexity index is 942. The third-order valence-electron chi connectivity index (χ3n) is 4.76. The van der Waals surface area contributed by atoms with Gasteiger partial charge in [0.2, 0.25) is 0 Å². The van der Waals surface area contributed by atoms with Crippen LogP contribution in [-0.2, 0) is 19.3 Å². The van der Waals surface area contributed by atoms with Crippen LogP contribution in [0.2, 0.25) is 0 Å². The Hall–Kier alpha value is -2.82. The average Bonchev–Trinajstić information content (AvgIpc) is 3.21. The number of aromatic amines is 1. The lowest BCUT2D eigenvalue weighted by Gasteiger charge is -2.08. The summed E-state index contributed by atoms with van der Waals surface area (Å²) in [6.07, 6.45) is 6.15. The Labute approximate surface area is 146 Å². The van der Waals surface area contributed by atoms with Gasteiger partial charge in [0.05, 0.1) is 0 Å². The van der Waals surface area contributed by atoms with E-state index in [4.69, 9.17) is 5.73 Å². The van der Waals surface area contributed by atoms with Crippen LogP contribution < -0.4 is 11.1 Å². The molecule has 1 heterocycles. The SMILES string of the molecule is NC(=NCCc1c[nH]c2ccc(F)cc12)Nc1ccc2c(c1)CCC2. The molecule has 1 aliphatic rings. The highest BCUT2D eigenvalue weighted by atomic mass is 19.1. The summed E-state index contributed by atoms with van der Waals surface area (Å²) in [7, 11) is 0. The highest BCUT2D eigenvalue weighted by molar-refractivity contribution is 5.92. The van der Waals surface area contributed by atoms with Gasteiger partial charge in [0.15, 0.2) is 5.96 Å². The van der Waals surface area contributed by atoms with Gasteiger partial charge in [0.1, 0.15) is 5.82 Å². The number of nitrogens with two attached hydrogens (primary N) is 1. The molecule has 0 saturated carbocycles. The van der Waals surface area contributed by atoms with Crippen LogP contribution in [0.5, 0.6) is 0 Å². The molecule has 0 aliphatic heterocycles. The summed E-state index contributed by atoms with van der Waals surface area (Å²) >= 11 is 0. The maximum Gasteiger partial charge on any atom is 0.193 e. The zero-order valence-electron chi connectivity index (χ0n) is 14.0. The Morgan fingerprint density at radius 2 is 2.04 bits per heavy atom. The molecule has 4 N–H and O–H groups in total. The van der Waals surface area contributed by atoms with Gasteiger partial charge in [-0.25, -0.2) is 4.39 Å². The predicted molar refractivity (Wildman–Crippen MR) is 101 cm³/mol. The van der Waals surface area contributed by atoms with Crippen molar-refractivity contribution < 1.29 is 4.39 Å². The van der Waals surface area contributed by atoms with Crippen molar-refractivity contribution >= 4 is 22.5 Å². The van der Waals surface area contributed by atoms with Gasteiger partial charge in [-0.15, -0.1) is 0 Å². The van der Waals surface area contributed by atoms with Crippen molar-refractivity contribution in [3.05, 3.63) is 65.1 Å². The summed E-state index contributed by atoms with van der Waals surface area (Å²) in [5.74, 6) is 0.179. The second kappa shape index (κ2) is 6.59. The molecule has 5 heteroatoms. The van der Waals surface area contributed by atoms with Gasteiger partial charge in [-0.1, -0.05) is 6.07 Å². The predicted octanol–water partition coefficient (Wildman–Crippen LogP) is 3.77. The van der Waals surface area contributed by atoms with E-state index in [1.165, 1.54) is 30.0 Å². The van der Waals surface area contributed by atoms with Gasteiger partial charge in [0, 0.05) is 29.3 Å². The highest BCUT2D eigenvalue weighted by Crippen LogP contribution is 2.24. The van der Waals surface area contributed by atoms with Crippen molar-refractivity contribution in [1.82, 2.24) is 4.98 Å². The number of aliphatic imine (C=N–C) groups is 1. The van der Waals surface area contributed by atoms with E-state index in [1.54, 1.807) is 12.1 Å². The number of halogens is 1. The number of benzene rings is 2. The lowest BCUT2D eigenvalue weighted by atomic mass is 10.1. The first-order valence-corrected chi connectivity index (χ1v) is 8.63. The molecule has 128 valence electrons. The van der Waals surface area contributed by atoms with Crippen LogP contribution in [0.3, 0.4) is 0 Å². The number of aryl methyl sites for hydroxylation is 2. The van der Waals surface area contributed by atoms with E-state index in [0.29, 0.717) is 18.9 Å². The topological polar surface area (TPSA) is 66.2 Å². The molecule has 0 unspecified atom stereocenters. The number of aromatic nitrogens is 1. The lowest BCUT2D eigenvalue weighted by molar-refractivity contribution is 0.629. The van der Waals surface area contributed by atoms with Crippen molar-refractivity contribution in [1.29, 1.82) is 0 Å². The van der Waals surface area contributed by atoms with Gasteiger partial charge in [-0.3, -0.25) is 4.99 Å². The summed E-state index contributed by atoms with van der Waals surface area (Å²) in [5, 5.41) is 4.06. The number of nitrogens with zero attached hydrogens (tertiary/aromatic N) is 1. The zero-order chi connectivity index (χ0) is 17.2. The molecule has 0 bridgehead atoms. The van der Waals surface area contributed by atoms with Crippen LogP contribution in [0.1, 0.15) is 23.1 Å². The third kappa shape index (κ3) is 3.36. The van der Waals surface area contributed by atoms with Crippen LogP contribution >= 0.6 is 0 Å². The fourth-order valence-corrected chi connectivity index (χ4v) is 3.49. The summed E-state index contributed by atoms with van der Waals surface area (Å²) in [5.41, 5.74) is 11.8. The second-order valence-corrected chi connectivity index (χ2v) is 6.48. The molecule has 0 amide bonds. The molecule has 4 rings (SSSR count). The van der Waals surface area contributed by atoms with E-state index >= 15 is 0 Å². The van der Waals surface area contributed by atoms with Gasteiger partial charge < -0.3 is 16.0 Å². The van der Waals surface area contributed by atoms with E-state index in [9.17, 15) is 4.39 Å². The minimum atomic E-state index is -0.227. The summed E-state index contributed by atoms with van der Waals surface area (Å²) in [6.45, 7) is 0.549. The highest BCUT2D eigenvalue weighted by Gasteiger charge is 2.11. The number of guanidine groups is 1. The maximum atomic E-state index is 13.4. The number of H-pyrrole nitrogens is 1. The normalized spacial score (nSPS) is 14.0. The first-order chi connectivity index (χ1) is 12.2. The standard InChI is InChI=1S/C20H21FN4/c21-16-5-7-19-18(11-16)15(12-24-19)8-9-23-20(22)25-17-6-4-13-2-1-3-14(13)10-17/h4-7,10-12,24H,1-3,8-9H2,(H3,22,23,25). The quantitative estimate of drug-likeness (QED) is 0.501. The molecule has 0 saturated heterocycles. The summed E-state index contributed by atoms with van der Waals surface area (Å²) in [6, 6.07) is 11.1. The van der Waals surface area contributed by atoms with Crippen molar-refractivity contribution in [2.75, 3.05) is 11.9 Å². The minimum Gasteiger partial charge on any atom is -0.370 e. The average molecular weight is 336 g/mol. The number of nitrogens with one attached hydrogen (secondary N) is 2. The lowest BCUT2D eigenvalue weighted by Crippen LogP contribution is -2.23. The minimum absolute atomic E-state index is 0.227. The van der Waals surface area contributed by atoms with E-state index in [0.717, 1.165) is 28.6 Å². The summed E-state index contributed by atoms with van der Waals surface area (Å²) in [4.78, 5) is 7.55. The Morgan fingerprint density at radius 1 is 1.16 bits per heavy atom. The molecule has 3 aromatic rings. The number of hydrogen-bond donors (Lipinski definition) is 3. The number of anilines is 1. The molecule has 25 heavy (non-hydrogen) atoms. The van der Waals surface area contributed by atoms with Crippen LogP contribution in [0.15, 0.2) is 47.6 Å². The van der Waals surface area contributed by atoms with Crippen LogP contribution in [-0.4, -0.2) is 17.5 Å². The fourth-order valence-electron chi connectivity index (χ4n) is 3.49. The van der Waals surface area contributed by atoms with E-state index in [-0.39, 0.29) is 5.82 Å². The molecule has 0 fully saturated rings. The Morgan fingerprint density at radius 3 is 2.96 bits per heavy atom. The van der Waals surface area contributed by atoms with Gasteiger partial charge in [-0.05, 0) is 72.7 Å². The monoisotopic (exact) mass is 336 g/mol. The first kappa shape index (κ1) is 15.7. The smallest absolute Gasteiger partial charge is 0.193 e. The van der Waals surface area contributed by atoms with Gasteiger partial charge >= 0.3 is 0 Å². The van der Waals surface area contributed by atoms with Crippen molar-refractivity contribution in [3.8, 4) is 0 Å². The first-order valence-electron chi connectivity index (χ1n) is 8.63. The van der Waals surface area contributed by atoms with E-state index < -0.39 is 0 Å². The van der Waals surface area contributed by atoms with E-state index in [2.05, 4.69) is 33.5 Å². The molecule has 0 spiro atoms. The van der Waals surface area contributed by atoms with Crippen LogP contribution in [0.25, 0.3) is 10.9 Å².